The van der Waals surface area contributed by atoms with E-state index in [0.717, 1.165) is 67.7 Å². The van der Waals surface area contributed by atoms with Crippen LogP contribution >= 0.6 is 0 Å². The number of nitrogens with one attached hydrogen (secondary N) is 2. The van der Waals surface area contributed by atoms with Crippen LogP contribution in [0.4, 0.5) is 5.69 Å². The van der Waals surface area contributed by atoms with Crippen molar-refractivity contribution in [3.05, 3.63) is 64.7 Å². The van der Waals surface area contributed by atoms with Gasteiger partial charge in [-0.1, -0.05) is 31.5 Å². The summed E-state index contributed by atoms with van der Waals surface area (Å²) < 4.78 is 1.64. The molecule has 0 aliphatic carbocycles. The summed E-state index contributed by atoms with van der Waals surface area (Å²) >= 11 is 0. The fourth-order valence-electron chi connectivity index (χ4n) is 3.89. The molecule has 2 N–H and O–H groups in total. The number of nitrogens with zero attached hydrogens (tertiary/aromatic N) is 2. The Morgan fingerprint density at radius 1 is 1.14 bits per heavy atom. The maximum Gasteiger partial charge on any atom is 0.265 e. The number of rotatable bonds is 6. The highest BCUT2D eigenvalue weighted by molar-refractivity contribution is 5.69. The highest BCUT2D eigenvalue weighted by Gasteiger charge is 2.16. The van der Waals surface area contributed by atoms with Gasteiger partial charge in [-0.2, -0.15) is 0 Å². The monoisotopic (exact) mass is 376 g/mol. The molecule has 28 heavy (non-hydrogen) atoms. The van der Waals surface area contributed by atoms with Gasteiger partial charge in [-0.05, 0) is 68.6 Å². The molecule has 5 heteroatoms. The maximum atomic E-state index is 13.2. The van der Waals surface area contributed by atoms with Crippen molar-refractivity contribution in [2.24, 2.45) is 0 Å². The Hall–Kier alpha value is -2.66. The highest BCUT2D eigenvalue weighted by atomic mass is 16.1. The third-order valence-electron chi connectivity index (χ3n) is 5.46. The summed E-state index contributed by atoms with van der Waals surface area (Å²) in [5.74, 6) is 0. The lowest BCUT2D eigenvalue weighted by molar-refractivity contribution is 0.479. The first-order valence-corrected chi connectivity index (χ1v) is 10.3. The topological polar surface area (TPSA) is 58.4 Å². The van der Waals surface area contributed by atoms with Crippen LogP contribution in [0.5, 0.6) is 0 Å². The number of pyridine rings is 1. The molecule has 0 spiro atoms. The summed E-state index contributed by atoms with van der Waals surface area (Å²) in [7, 11) is 0. The molecule has 3 heterocycles. The van der Waals surface area contributed by atoms with E-state index in [-0.39, 0.29) is 5.56 Å². The molecule has 1 fully saturated rings. The maximum absolute atomic E-state index is 13.2. The van der Waals surface area contributed by atoms with Gasteiger partial charge in [0.05, 0.1) is 11.3 Å². The number of fused-ring (bicyclic) bond motifs is 1. The van der Waals surface area contributed by atoms with Crippen molar-refractivity contribution < 1.29 is 0 Å². The molecule has 1 saturated heterocycles. The molecule has 0 radical (unpaired) electrons. The molecule has 0 atom stereocenters. The van der Waals surface area contributed by atoms with Crippen molar-refractivity contribution in [1.29, 1.82) is 0 Å². The zero-order valence-electron chi connectivity index (χ0n) is 16.4. The second-order valence-corrected chi connectivity index (χ2v) is 7.52. The quantitative estimate of drug-likeness (QED) is 0.686. The van der Waals surface area contributed by atoms with Gasteiger partial charge in [-0.25, -0.2) is 4.98 Å². The molecule has 4 rings (SSSR count). The van der Waals surface area contributed by atoms with E-state index in [1.165, 1.54) is 0 Å². The minimum atomic E-state index is 0.00997. The predicted molar refractivity (Wildman–Crippen MR) is 115 cm³/mol. The van der Waals surface area contributed by atoms with Gasteiger partial charge in [0.25, 0.3) is 5.56 Å². The molecule has 1 aromatic carbocycles. The second-order valence-electron chi connectivity index (χ2n) is 7.52. The molecule has 5 nitrogen and oxygen atoms in total. The molecule has 146 valence electrons. The fourth-order valence-corrected chi connectivity index (χ4v) is 3.89. The lowest BCUT2D eigenvalue weighted by Gasteiger charge is -2.24. The minimum absolute atomic E-state index is 0.00997. The third-order valence-corrected chi connectivity index (χ3v) is 5.46. The summed E-state index contributed by atoms with van der Waals surface area (Å²) in [5.41, 5.74) is 4.40. The van der Waals surface area contributed by atoms with Crippen LogP contribution in [0.25, 0.3) is 16.8 Å². The number of unbranched alkanes of at least 4 members (excludes halogenated alkanes) is 1. The van der Waals surface area contributed by atoms with E-state index >= 15 is 0 Å². The van der Waals surface area contributed by atoms with Crippen LogP contribution in [0.1, 0.15) is 38.3 Å². The summed E-state index contributed by atoms with van der Waals surface area (Å²) in [5, 5.41) is 7.00. The summed E-state index contributed by atoms with van der Waals surface area (Å²) in [6.07, 6.45) is 7.00. The highest BCUT2D eigenvalue weighted by Crippen LogP contribution is 2.24. The zero-order valence-corrected chi connectivity index (χ0v) is 16.4. The van der Waals surface area contributed by atoms with Crippen LogP contribution in [0.3, 0.4) is 0 Å². The summed E-state index contributed by atoms with van der Waals surface area (Å²) in [6, 6.07) is 14.5. The van der Waals surface area contributed by atoms with Crippen LogP contribution < -0.4 is 16.2 Å². The van der Waals surface area contributed by atoms with Crippen LogP contribution in [-0.4, -0.2) is 28.5 Å². The first-order valence-electron chi connectivity index (χ1n) is 10.3. The molecule has 3 aromatic rings. The molecule has 2 aromatic heterocycles. The molecule has 0 amide bonds. The SMILES string of the molecule is CCCCc1nc2ccccn2c(=O)c1-c1ccc(NC2CCNCC2)cc1. The van der Waals surface area contributed by atoms with Gasteiger partial charge in [-0.15, -0.1) is 0 Å². The number of aromatic nitrogens is 2. The van der Waals surface area contributed by atoms with E-state index in [4.69, 9.17) is 4.98 Å². The van der Waals surface area contributed by atoms with Crippen LogP contribution in [0, 0.1) is 0 Å². The van der Waals surface area contributed by atoms with Crippen molar-refractivity contribution in [3.63, 3.8) is 0 Å². The Morgan fingerprint density at radius 2 is 1.93 bits per heavy atom. The minimum Gasteiger partial charge on any atom is -0.382 e. The first-order chi connectivity index (χ1) is 13.8. The standard InChI is InChI=1S/C23H28N4O/c1-2-3-6-20-22(23(28)27-16-5-4-7-21(27)26-20)17-8-10-18(11-9-17)25-19-12-14-24-15-13-19/h4-5,7-11,16,19,24-25H,2-3,6,12-15H2,1H3. The number of hydrogen-bond donors (Lipinski definition) is 2. The van der Waals surface area contributed by atoms with E-state index in [2.05, 4.69) is 29.7 Å². The Morgan fingerprint density at radius 3 is 2.68 bits per heavy atom. The molecule has 0 unspecified atom stereocenters. The van der Waals surface area contributed by atoms with E-state index in [0.29, 0.717) is 11.7 Å². The Kier molecular flexibility index (Phi) is 5.72. The largest absolute Gasteiger partial charge is 0.382 e. The second kappa shape index (κ2) is 8.57. The van der Waals surface area contributed by atoms with Gasteiger partial charge < -0.3 is 10.6 Å². The van der Waals surface area contributed by atoms with Crippen LogP contribution in [-0.2, 0) is 6.42 Å². The van der Waals surface area contributed by atoms with E-state index in [1.54, 1.807) is 10.6 Å². The molecular weight excluding hydrogens is 348 g/mol. The van der Waals surface area contributed by atoms with Crippen molar-refractivity contribution in [3.8, 4) is 11.1 Å². The van der Waals surface area contributed by atoms with E-state index in [1.807, 2.05) is 30.3 Å². The average molecular weight is 377 g/mol. The smallest absolute Gasteiger partial charge is 0.265 e. The number of benzene rings is 1. The van der Waals surface area contributed by atoms with Gasteiger partial charge in [0.1, 0.15) is 5.65 Å². The molecule has 0 saturated carbocycles. The molecular formula is C23H28N4O. The normalized spacial score (nSPS) is 15.0. The summed E-state index contributed by atoms with van der Waals surface area (Å²) in [6.45, 7) is 4.29. The number of anilines is 1. The van der Waals surface area contributed by atoms with Crippen LogP contribution in [0.2, 0.25) is 0 Å². The lowest BCUT2D eigenvalue weighted by atomic mass is 10.0. The average Bonchev–Trinajstić information content (AvgIpc) is 2.74. The van der Waals surface area contributed by atoms with Crippen molar-refractivity contribution in [2.45, 2.75) is 45.1 Å². The Bertz CT molecular complexity index is 988. The number of hydrogen-bond acceptors (Lipinski definition) is 4. The van der Waals surface area contributed by atoms with Crippen molar-refractivity contribution in [1.82, 2.24) is 14.7 Å². The predicted octanol–water partition coefficient (Wildman–Crippen LogP) is 3.87. The van der Waals surface area contributed by atoms with E-state index < -0.39 is 0 Å². The number of piperidine rings is 1. The van der Waals surface area contributed by atoms with Crippen molar-refractivity contribution >= 4 is 11.3 Å². The number of aryl methyl sites for hydroxylation is 1. The molecule has 0 bridgehead atoms. The third kappa shape index (κ3) is 3.94. The van der Waals surface area contributed by atoms with Crippen LogP contribution in [0.15, 0.2) is 53.5 Å². The fraction of sp³-hybridized carbons (Fsp3) is 0.391. The molecule has 1 aliphatic rings. The lowest BCUT2D eigenvalue weighted by Crippen LogP contribution is -2.35. The Labute approximate surface area is 165 Å². The van der Waals surface area contributed by atoms with Gasteiger partial charge >= 0.3 is 0 Å². The van der Waals surface area contributed by atoms with E-state index in [9.17, 15) is 4.79 Å². The zero-order chi connectivity index (χ0) is 19.3. The van der Waals surface area contributed by atoms with Crippen molar-refractivity contribution in [2.75, 3.05) is 18.4 Å². The van der Waals surface area contributed by atoms with Gasteiger partial charge in [0.2, 0.25) is 0 Å². The summed E-state index contributed by atoms with van der Waals surface area (Å²) in [4.78, 5) is 18.0. The first kappa shape index (κ1) is 18.7. The van der Waals surface area contributed by atoms with Gasteiger partial charge in [0, 0.05) is 17.9 Å². The molecule has 1 aliphatic heterocycles. The van der Waals surface area contributed by atoms with Gasteiger partial charge in [-0.3, -0.25) is 9.20 Å². The Balaban J connectivity index is 1.68. The van der Waals surface area contributed by atoms with Gasteiger partial charge in [0.15, 0.2) is 0 Å².